The molecule has 0 fully saturated rings. The summed E-state index contributed by atoms with van der Waals surface area (Å²) in [5.41, 5.74) is 1.81. The minimum absolute atomic E-state index is 0.0462. The van der Waals surface area contributed by atoms with E-state index in [9.17, 15) is 9.90 Å². The lowest BCUT2D eigenvalue weighted by atomic mass is 10.1. The molecule has 106 valence electrons. The van der Waals surface area contributed by atoms with Crippen LogP contribution in [0.15, 0.2) is 29.6 Å². The van der Waals surface area contributed by atoms with E-state index in [2.05, 4.69) is 4.98 Å². The molecule has 1 N–H and O–H groups in total. The second-order valence-corrected chi connectivity index (χ2v) is 5.42. The van der Waals surface area contributed by atoms with Gasteiger partial charge in [-0.3, -0.25) is 4.79 Å². The van der Waals surface area contributed by atoms with Gasteiger partial charge in [-0.25, -0.2) is 4.98 Å². The van der Waals surface area contributed by atoms with E-state index in [1.54, 1.807) is 19.1 Å². The van der Waals surface area contributed by atoms with E-state index in [0.29, 0.717) is 13.0 Å². The third kappa shape index (κ3) is 3.57. The van der Waals surface area contributed by atoms with Gasteiger partial charge >= 0.3 is 5.97 Å². The van der Waals surface area contributed by atoms with Gasteiger partial charge in [0.05, 0.1) is 23.7 Å². The molecule has 0 unspecified atom stereocenters. The Bertz CT molecular complexity index is 577. The largest absolute Gasteiger partial charge is 0.508 e. The van der Waals surface area contributed by atoms with Crippen molar-refractivity contribution >= 4 is 17.3 Å². The number of aromatic hydroxyl groups is 1. The van der Waals surface area contributed by atoms with Crippen LogP contribution in [0, 0.1) is 0 Å². The SMILES string of the molecule is CCOC(=O)C[C@@H](C)c1nc(-c2ccc(O)cc2)cs1. The summed E-state index contributed by atoms with van der Waals surface area (Å²) < 4.78 is 4.95. The summed E-state index contributed by atoms with van der Waals surface area (Å²) >= 11 is 1.54. The number of ether oxygens (including phenoxy) is 1. The van der Waals surface area contributed by atoms with E-state index in [1.165, 1.54) is 11.3 Å². The molecule has 0 aliphatic rings. The van der Waals surface area contributed by atoms with Crippen LogP contribution >= 0.6 is 11.3 Å². The summed E-state index contributed by atoms with van der Waals surface area (Å²) in [6.45, 7) is 4.17. The van der Waals surface area contributed by atoms with Gasteiger partial charge in [0.1, 0.15) is 5.75 Å². The van der Waals surface area contributed by atoms with Gasteiger partial charge in [-0.05, 0) is 31.2 Å². The van der Waals surface area contributed by atoms with Crippen LogP contribution in [0.25, 0.3) is 11.3 Å². The zero-order chi connectivity index (χ0) is 14.5. The second-order valence-electron chi connectivity index (χ2n) is 4.53. The summed E-state index contributed by atoms with van der Waals surface area (Å²) in [6, 6.07) is 6.92. The van der Waals surface area contributed by atoms with Gasteiger partial charge in [0.15, 0.2) is 0 Å². The lowest BCUT2D eigenvalue weighted by molar-refractivity contribution is -0.143. The first-order valence-corrected chi connectivity index (χ1v) is 7.38. The standard InChI is InChI=1S/C15H17NO3S/c1-3-19-14(18)8-10(2)15-16-13(9-20-15)11-4-6-12(17)7-5-11/h4-7,9-10,17H,3,8H2,1-2H3/t10-/m1/s1. The highest BCUT2D eigenvalue weighted by atomic mass is 32.1. The average molecular weight is 291 g/mol. The van der Waals surface area contributed by atoms with Crippen LogP contribution in [-0.2, 0) is 9.53 Å². The maximum absolute atomic E-state index is 11.5. The number of thiazole rings is 1. The number of hydrogen-bond acceptors (Lipinski definition) is 5. The van der Waals surface area contributed by atoms with E-state index >= 15 is 0 Å². The first kappa shape index (κ1) is 14.5. The molecule has 5 heteroatoms. The van der Waals surface area contributed by atoms with Crippen molar-refractivity contribution in [2.75, 3.05) is 6.61 Å². The van der Waals surface area contributed by atoms with Crippen LogP contribution in [-0.4, -0.2) is 22.7 Å². The molecule has 2 rings (SSSR count). The predicted octanol–water partition coefficient (Wildman–Crippen LogP) is 3.57. The highest BCUT2D eigenvalue weighted by molar-refractivity contribution is 7.10. The van der Waals surface area contributed by atoms with Gasteiger partial charge < -0.3 is 9.84 Å². The molecule has 1 aromatic carbocycles. The number of phenols is 1. The first-order chi connectivity index (χ1) is 9.60. The molecule has 0 amide bonds. The molecule has 20 heavy (non-hydrogen) atoms. The monoisotopic (exact) mass is 291 g/mol. The number of aromatic nitrogens is 1. The van der Waals surface area contributed by atoms with Gasteiger partial charge in [0.2, 0.25) is 0 Å². The number of carbonyl (C=O) groups excluding carboxylic acids is 1. The summed E-state index contributed by atoms with van der Waals surface area (Å²) in [5, 5.41) is 12.2. The Kier molecular flexibility index (Phi) is 4.74. The third-order valence-corrected chi connectivity index (χ3v) is 3.96. The summed E-state index contributed by atoms with van der Waals surface area (Å²) in [6.07, 6.45) is 0.344. The van der Waals surface area contributed by atoms with Crippen molar-refractivity contribution in [2.45, 2.75) is 26.2 Å². The van der Waals surface area contributed by atoms with Crippen molar-refractivity contribution in [3.63, 3.8) is 0 Å². The zero-order valence-electron chi connectivity index (χ0n) is 11.5. The van der Waals surface area contributed by atoms with Gasteiger partial charge in [0.25, 0.3) is 0 Å². The Morgan fingerprint density at radius 1 is 1.40 bits per heavy atom. The molecule has 0 aliphatic carbocycles. The molecule has 0 spiro atoms. The number of nitrogens with zero attached hydrogens (tertiary/aromatic N) is 1. The molecule has 0 radical (unpaired) electrons. The molecule has 0 saturated heterocycles. The topological polar surface area (TPSA) is 59.4 Å². The number of esters is 1. The summed E-state index contributed by atoms with van der Waals surface area (Å²) in [7, 11) is 0. The number of phenolic OH excluding ortho intramolecular Hbond substituents is 1. The maximum Gasteiger partial charge on any atom is 0.306 e. The van der Waals surface area contributed by atoms with Crippen molar-refractivity contribution in [2.24, 2.45) is 0 Å². The molecule has 4 nitrogen and oxygen atoms in total. The fourth-order valence-electron chi connectivity index (χ4n) is 1.84. The smallest absolute Gasteiger partial charge is 0.306 e. The number of rotatable bonds is 5. The van der Waals surface area contributed by atoms with Crippen LogP contribution in [0.4, 0.5) is 0 Å². The Balaban J connectivity index is 2.08. The van der Waals surface area contributed by atoms with Gasteiger partial charge in [0, 0.05) is 16.9 Å². The Hall–Kier alpha value is -1.88. The maximum atomic E-state index is 11.5. The van der Waals surface area contributed by atoms with E-state index in [-0.39, 0.29) is 17.6 Å². The number of hydrogen-bond donors (Lipinski definition) is 1. The van der Waals surface area contributed by atoms with Gasteiger partial charge in [-0.15, -0.1) is 11.3 Å². The lowest BCUT2D eigenvalue weighted by Gasteiger charge is -2.07. The predicted molar refractivity (Wildman–Crippen MR) is 78.9 cm³/mol. The quantitative estimate of drug-likeness (QED) is 0.855. The van der Waals surface area contributed by atoms with Crippen LogP contribution in [0.1, 0.15) is 31.2 Å². The zero-order valence-corrected chi connectivity index (χ0v) is 12.3. The molecule has 1 heterocycles. The van der Waals surface area contributed by atoms with E-state index in [1.807, 2.05) is 24.4 Å². The van der Waals surface area contributed by atoms with E-state index < -0.39 is 0 Å². The van der Waals surface area contributed by atoms with Gasteiger partial charge in [-0.1, -0.05) is 6.92 Å². The Morgan fingerprint density at radius 2 is 2.10 bits per heavy atom. The van der Waals surface area contributed by atoms with E-state index in [4.69, 9.17) is 4.74 Å². The van der Waals surface area contributed by atoms with Crippen molar-refractivity contribution in [3.05, 3.63) is 34.7 Å². The van der Waals surface area contributed by atoms with Crippen molar-refractivity contribution in [1.29, 1.82) is 0 Å². The molecular weight excluding hydrogens is 274 g/mol. The third-order valence-electron chi connectivity index (χ3n) is 2.88. The molecule has 0 aliphatic heterocycles. The normalized spacial score (nSPS) is 12.1. The summed E-state index contributed by atoms with van der Waals surface area (Å²) in [5.74, 6) is 0.0891. The number of carbonyl (C=O) groups is 1. The lowest BCUT2D eigenvalue weighted by Crippen LogP contribution is -2.08. The summed E-state index contributed by atoms with van der Waals surface area (Å²) in [4.78, 5) is 16.0. The van der Waals surface area contributed by atoms with Crippen LogP contribution in [0.2, 0.25) is 0 Å². The van der Waals surface area contributed by atoms with Crippen molar-refractivity contribution < 1.29 is 14.6 Å². The second kappa shape index (κ2) is 6.52. The van der Waals surface area contributed by atoms with Crippen molar-refractivity contribution in [1.82, 2.24) is 4.98 Å². The average Bonchev–Trinajstić information content (AvgIpc) is 2.89. The Labute approximate surface area is 122 Å². The molecule has 1 atom stereocenters. The molecule has 0 bridgehead atoms. The van der Waals surface area contributed by atoms with Crippen molar-refractivity contribution in [3.8, 4) is 17.0 Å². The first-order valence-electron chi connectivity index (χ1n) is 6.50. The van der Waals surface area contributed by atoms with E-state index in [0.717, 1.165) is 16.3 Å². The van der Waals surface area contributed by atoms with Crippen LogP contribution in [0.5, 0.6) is 5.75 Å². The molecule has 2 aromatic rings. The Morgan fingerprint density at radius 3 is 2.75 bits per heavy atom. The molecule has 0 saturated carbocycles. The minimum Gasteiger partial charge on any atom is -0.508 e. The fourth-order valence-corrected chi connectivity index (χ4v) is 2.72. The molecule has 1 aromatic heterocycles. The minimum atomic E-state index is -0.193. The van der Waals surface area contributed by atoms with Gasteiger partial charge in [-0.2, -0.15) is 0 Å². The number of benzene rings is 1. The van der Waals surface area contributed by atoms with Crippen LogP contribution < -0.4 is 0 Å². The van der Waals surface area contributed by atoms with Crippen LogP contribution in [0.3, 0.4) is 0 Å². The highest BCUT2D eigenvalue weighted by Gasteiger charge is 2.16. The fraction of sp³-hybridized carbons (Fsp3) is 0.333. The molecular formula is C15H17NO3S. The highest BCUT2D eigenvalue weighted by Crippen LogP contribution is 2.29.